The normalized spacial score (nSPS) is 10.2. The predicted octanol–water partition coefficient (Wildman–Crippen LogP) is 2.95. The quantitative estimate of drug-likeness (QED) is 0.554. The largest absolute Gasteiger partial charge is 0.466 e. The number of hydrogen-bond donors (Lipinski definition) is 0. The van der Waals surface area contributed by atoms with Gasteiger partial charge in [0, 0.05) is 23.0 Å². The lowest BCUT2D eigenvalue weighted by Gasteiger charge is -2.16. The molecule has 0 bridgehead atoms. The van der Waals surface area contributed by atoms with Crippen LogP contribution < -0.4 is 0 Å². The van der Waals surface area contributed by atoms with E-state index in [9.17, 15) is 9.59 Å². The summed E-state index contributed by atoms with van der Waals surface area (Å²) in [6.07, 6.45) is 0.235. The van der Waals surface area contributed by atoms with Crippen LogP contribution in [0.25, 0.3) is 0 Å². The first-order chi connectivity index (χ1) is 9.52. The van der Waals surface area contributed by atoms with Gasteiger partial charge in [0.05, 0.1) is 18.8 Å². The van der Waals surface area contributed by atoms with Crippen LogP contribution in [0.3, 0.4) is 0 Å². The number of ether oxygens (including phenoxy) is 1. The van der Waals surface area contributed by atoms with Crippen molar-refractivity contribution in [3.8, 4) is 0 Å². The zero-order chi connectivity index (χ0) is 15.0. The molecule has 1 rings (SSSR count). The minimum absolute atomic E-state index is 0.00205. The van der Waals surface area contributed by atoms with Crippen LogP contribution in [0.4, 0.5) is 0 Å². The maximum atomic E-state index is 11.9. The molecule has 0 radical (unpaired) electrons. The third kappa shape index (κ3) is 6.43. The minimum Gasteiger partial charge on any atom is -0.466 e. The average molecular weight is 360 g/mol. The number of halogens is 1. The summed E-state index contributed by atoms with van der Waals surface area (Å²) in [7, 11) is 1.70. The second-order valence-corrected chi connectivity index (χ2v) is 6.08. The Balaban J connectivity index is 2.31. The molecule has 1 amide bonds. The third-order valence-corrected chi connectivity index (χ3v) is 4.08. The van der Waals surface area contributed by atoms with Crippen molar-refractivity contribution in [3.05, 3.63) is 28.7 Å². The highest BCUT2D eigenvalue weighted by Gasteiger charge is 2.11. The first-order valence-corrected chi connectivity index (χ1v) is 8.08. The van der Waals surface area contributed by atoms with Crippen molar-refractivity contribution >= 4 is 39.6 Å². The van der Waals surface area contributed by atoms with Gasteiger partial charge in [-0.15, -0.1) is 11.8 Å². The van der Waals surface area contributed by atoms with Crippen molar-refractivity contribution in [2.45, 2.75) is 18.2 Å². The number of hydrogen-bond acceptors (Lipinski definition) is 4. The summed E-state index contributed by atoms with van der Waals surface area (Å²) in [4.78, 5) is 25.7. The lowest BCUT2D eigenvalue weighted by molar-refractivity contribution is -0.143. The Morgan fingerprint density at radius 2 is 1.95 bits per heavy atom. The van der Waals surface area contributed by atoms with E-state index < -0.39 is 0 Å². The SMILES string of the molecule is CCOC(=O)CCN(C)C(=O)CSc1ccc(Br)cc1. The molecule has 20 heavy (non-hydrogen) atoms. The summed E-state index contributed by atoms with van der Waals surface area (Å²) in [6.45, 7) is 2.52. The summed E-state index contributed by atoms with van der Waals surface area (Å²) < 4.78 is 5.84. The highest BCUT2D eigenvalue weighted by atomic mass is 79.9. The molecule has 0 fully saturated rings. The van der Waals surface area contributed by atoms with Crippen molar-refractivity contribution < 1.29 is 14.3 Å². The van der Waals surface area contributed by atoms with Gasteiger partial charge in [0.15, 0.2) is 0 Å². The first-order valence-electron chi connectivity index (χ1n) is 6.31. The lowest BCUT2D eigenvalue weighted by atomic mass is 10.4. The van der Waals surface area contributed by atoms with Crippen LogP contribution in [0, 0.1) is 0 Å². The van der Waals surface area contributed by atoms with E-state index in [-0.39, 0.29) is 18.3 Å². The number of thioether (sulfide) groups is 1. The van der Waals surface area contributed by atoms with Crippen molar-refractivity contribution in [1.82, 2.24) is 4.90 Å². The molecule has 110 valence electrons. The Bertz CT molecular complexity index is 450. The van der Waals surface area contributed by atoms with Gasteiger partial charge >= 0.3 is 5.97 Å². The molecular formula is C14H18BrNO3S. The number of benzene rings is 1. The Labute approximate surface area is 132 Å². The van der Waals surface area contributed by atoms with E-state index in [1.807, 2.05) is 24.3 Å². The van der Waals surface area contributed by atoms with Gasteiger partial charge in [-0.2, -0.15) is 0 Å². The van der Waals surface area contributed by atoms with Gasteiger partial charge in [0.2, 0.25) is 5.91 Å². The second kappa shape index (κ2) is 9.02. The van der Waals surface area contributed by atoms with Crippen molar-refractivity contribution in [2.24, 2.45) is 0 Å². The molecule has 0 atom stereocenters. The summed E-state index contributed by atoms with van der Waals surface area (Å²) in [5.41, 5.74) is 0. The third-order valence-electron chi connectivity index (χ3n) is 2.56. The van der Waals surface area contributed by atoms with E-state index in [0.29, 0.717) is 18.9 Å². The molecule has 1 aromatic carbocycles. The Morgan fingerprint density at radius 3 is 2.55 bits per heavy atom. The molecule has 0 saturated carbocycles. The van der Waals surface area contributed by atoms with Gasteiger partial charge in [0.1, 0.15) is 0 Å². The van der Waals surface area contributed by atoms with Crippen LogP contribution in [-0.4, -0.2) is 42.7 Å². The smallest absolute Gasteiger partial charge is 0.307 e. The maximum Gasteiger partial charge on any atom is 0.307 e. The molecule has 0 aliphatic heterocycles. The van der Waals surface area contributed by atoms with Crippen LogP contribution >= 0.6 is 27.7 Å². The highest BCUT2D eigenvalue weighted by Crippen LogP contribution is 2.20. The monoisotopic (exact) mass is 359 g/mol. The summed E-state index contributed by atoms with van der Waals surface area (Å²) in [5, 5.41) is 0. The van der Waals surface area contributed by atoms with Gasteiger partial charge in [-0.1, -0.05) is 15.9 Å². The molecule has 4 nitrogen and oxygen atoms in total. The number of carbonyl (C=O) groups excluding carboxylic acids is 2. The second-order valence-electron chi connectivity index (χ2n) is 4.11. The zero-order valence-corrected chi connectivity index (χ0v) is 14.0. The molecular weight excluding hydrogens is 342 g/mol. The minimum atomic E-state index is -0.271. The van der Waals surface area contributed by atoms with Gasteiger partial charge < -0.3 is 9.64 Å². The topological polar surface area (TPSA) is 46.6 Å². The van der Waals surface area contributed by atoms with Crippen LogP contribution in [0.15, 0.2) is 33.6 Å². The van der Waals surface area contributed by atoms with Gasteiger partial charge in [-0.05, 0) is 31.2 Å². The number of amides is 1. The van der Waals surface area contributed by atoms with Gasteiger partial charge in [0.25, 0.3) is 0 Å². The van der Waals surface area contributed by atoms with Crippen molar-refractivity contribution in [1.29, 1.82) is 0 Å². The number of esters is 1. The molecule has 0 spiro atoms. The fraction of sp³-hybridized carbons (Fsp3) is 0.429. The molecule has 0 heterocycles. The van der Waals surface area contributed by atoms with Crippen LogP contribution in [-0.2, 0) is 14.3 Å². The van der Waals surface area contributed by atoms with Crippen molar-refractivity contribution in [3.63, 3.8) is 0 Å². The molecule has 0 aliphatic carbocycles. The maximum absolute atomic E-state index is 11.9. The fourth-order valence-corrected chi connectivity index (χ4v) is 2.51. The summed E-state index contributed by atoms with van der Waals surface area (Å²) in [6, 6.07) is 7.80. The molecule has 1 aromatic rings. The molecule has 6 heteroatoms. The molecule has 0 aromatic heterocycles. The predicted molar refractivity (Wildman–Crippen MR) is 83.8 cm³/mol. The first kappa shape index (κ1) is 17.0. The Kier molecular flexibility index (Phi) is 7.69. The van der Waals surface area contributed by atoms with E-state index in [2.05, 4.69) is 15.9 Å². The van der Waals surface area contributed by atoms with Crippen LogP contribution in [0.2, 0.25) is 0 Å². The van der Waals surface area contributed by atoms with E-state index in [0.717, 1.165) is 9.37 Å². The molecule has 0 saturated heterocycles. The average Bonchev–Trinajstić information content (AvgIpc) is 2.44. The number of nitrogens with zero attached hydrogens (tertiary/aromatic N) is 1. The number of carbonyl (C=O) groups is 2. The van der Waals surface area contributed by atoms with E-state index in [1.54, 1.807) is 18.9 Å². The lowest BCUT2D eigenvalue weighted by Crippen LogP contribution is -2.30. The van der Waals surface area contributed by atoms with E-state index in [1.165, 1.54) is 11.8 Å². The van der Waals surface area contributed by atoms with Gasteiger partial charge in [-0.25, -0.2) is 0 Å². The highest BCUT2D eigenvalue weighted by molar-refractivity contribution is 9.10. The molecule has 0 aliphatic rings. The fourth-order valence-electron chi connectivity index (χ4n) is 1.40. The zero-order valence-electron chi connectivity index (χ0n) is 11.6. The standard InChI is InChI=1S/C14H18BrNO3S/c1-3-19-14(18)8-9-16(2)13(17)10-20-12-6-4-11(15)5-7-12/h4-7H,3,8-10H2,1-2H3. The summed E-state index contributed by atoms with van der Waals surface area (Å²) >= 11 is 4.85. The van der Waals surface area contributed by atoms with E-state index in [4.69, 9.17) is 4.74 Å². The van der Waals surface area contributed by atoms with Crippen LogP contribution in [0.5, 0.6) is 0 Å². The van der Waals surface area contributed by atoms with E-state index >= 15 is 0 Å². The number of rotatable bonds is 7. The Morgan fingerprint density at radius 1 is 1.30 bits per heavy atom. The van der Waals surface area contributed by atoms with Crippen molar-refractivity contribution in [2.75, 3.05) is 26.0 Å². The Hall–Kier alpha value is -1.01. The van der Waals surface area contributed by atoms with Gasteiger partial charge in [-0.3, -0.25) is 9.59 Å². The van der Waals surface area contributed by atoms with Crippen LogP contribution in [0.1, 0.15) is 13.3 Å². The summed E-state index contributed by atoms with van der Waals surface area (Å²) in [5.74, 6) is 0.0935. The molecule has 0 unspecified atom stereocenters. The molecule has 0 N–H and O–H groups in total.